The highest BCUT2D eigenvalue weighted by Crippen LogP contribution is 2.33. The van der Waals surface area contributed by atoms with E-state index in [-0.39, 0.29) is 22.4 Å². The fourth-order valence-corrected chi connectivity index (χ4v) is 4.46. The van der Waals surface area contributed by atoms with Crippen molar-refractivity contribution < 1.29 is 14.2 Å². The van der Waals surface area contributed by atoms with Gasteiger partial charge in [-0.05, 0) is 43.7 Å². The minimum Gasteiger partial charge on any atom is -0.294 e. The zero-order chi connectivity index (χ0) is 24.5. The highest BCUT2D eigenvalue weighted by atomic mass is 16.2. The summed E-state index contributed by atoms with van der Waals surface area (Å²) in [6.45, 7) is 3.92. The standard InChI is InChI=1S/C28H24N4O3/c1-3-11-22-23(27(34)32(29-22)21-15-8-5-9-16-21)24-25(30-17-10-12-19(2)18-30)28(35)31(26(24)33)20-13-6-4-7-14-20/h4-10,12-18H,3,11H2,1-2H3/p+1. The average molecular weight is 466 g/mol. The van der Waals surface area contributed by atoms with E-state index in [0.29, 0.717) is 23.5 Å². The molecular weight excluding hydrogens is 440 g/mol. The number of aromatic amines is 1. The number of rotatable bonds is 6. The fraction of sp³-hybridized carbons (Fsp3) is 0.143. The van der Waals surface area contributed by atoms with Crippen LogP contribution in [0.15, 0.2) is 90.0 Å². The van der Waals surface area contributed by atoms with Crippen LogP contribution < -0.4 is 15.0 Å². The third-order valence-electron chi connectivity index (χ3n) is 6.01. The van der Waals surface area contributed by atoms with Gasteiger partial charge in [0.25, 0.3) is 17.2 Å². The summed E-state index contributed by atoms with van der Waals surface area (Å²) in [5.74, 6) is -0.986. The number of imide groups is 1. The number of carbonyl (C=O) groups is 2. The number of carbonyl (C=O) groups excluding carboxylic acids is 2. The van der Waals surface area contributed by atoms with Gasteiger partial charge in [0.1, 0.15) is 5.57 Å². The number of benzene rings is 2. The number of aryl methyl sites for hydroxylation is 2. The first kappa shape index (κ1) is 22.3. The molecule has 0 radical (unpaired) electrons. The summed E-state index contributed by atoms with van der Waals surface area (Å²) < 4.78 is 3.08. The molecule has 7 nitrogen and oxygen atoms in total. The molecule has 2 aromatic heterocycles. The van der Waals surface area contributed by atoms with E-state index in [2.05, 4.69) is 5.10 Å². The lowest BCUT2D eigenvalue weighted by Crippen LogP contribution is -2.39. The monoisotopic (exact) mass is 465 g/mol. The van der Waals surface area contributed by atoms with E-state index >= 15 is 0 Å². The average Bonchev–Trinajstić information content (AvgIpc) is 3.32. The van der Waals surface area contributed by atoms with E-state index in [9.17, 15) is 14.4 Å². The minimum atomic E-state index is -0.515. The van der Waals surface area contributed by atoms with Gasteiger partial charge in [-0.2, -0.15) is 4.57 Å². The van der Waals surface area contributed by atoms with Crippen molar-refractivity contribution >= 4 is 28.8 Å². The van der Waals surface area contributed by atoms with Crippen molar-refractivity contribution in [3.63, 3.8) is 0 Å². The van der Waals surface area contributed by atoms with Crippen molar-refractivity contribution in [3.05, 3.63) is 112 Å². The van der Waals surface area contributed by atoms with Gasteiger partial charge >= 0.3 is 5.91 Å². The lowest BCUT2D eigenvalue weighted by molar-refractivity contribution is -0.577. The number of hydrogen-bond donors (Lipinski definition) is 1. The van der Waals surface area contributed by atoms with Gasteiger partial charge in [0.2, 0.25) is 0 Å². The zero-order valence-corrected chi connectivity index (χ0v) is 19.6. The Morgan fingerprint density at radius 2 is 1.49 bits per heavy atom. The summed E-state index contributed by atoms with van der Waals surface area (Å²) in [5, 5.41) is 3.20. The van der Waals surface area contributed by atoms with E-state index in [1.54, 1.807) is 41.2 Å². The predicted octanol–water partition coefficient (Wildman–Crippen LogP) is 3.66. The Kier molecular flexibility index (Phi) is 5.74. The van der Waals surface area contributed by atoms with Gasteiger partial charge in [0.05, 0.1) is 16.9 Å². The molecular formula is C28H25N4O3+. The van der Waals surface area contributed by atoms with Gasteiger partial charge < -0.3 is 0 Å². The fourth-order valence-electron chi connectivity index (χ4n) is 4.46. The smallest absolute Gasteiger partial charge is 0.294 e. The maximum absolute atomic E-state index is 13.9. The third-order valence-corrected chi connectivity index (χ3v) is 6.01. The third kappa shape index (κ3) is 3.81. The van der Waals surface area contributed by atoms with Gasteiger partial charge in [-0.1, -0.05) is 49.7 Å². The first-order valence-corrected chi connectivity index (χ1v) is 11.6. The number of nitrogens with one attached hydrogen (secondary N) is 1. The van der Waals surface area contributed by atoms with Crippen LogP contribution in [0.2, 0.25) is 0 Å². The summed E-state index contributed by atoms with van der Waals surface area (Å²) in [4.78, 5) is 42.6. The lowest BCUT2D eigenvalue weighted by atomic mass is 10.0. The molecule has 1 N–H and O–H groups in total. The lowest BCUT2D eigenvalue weighted by Gasteiger charge is -2.13. The molecule has 4 aromatic rings. The molecule has 0 spiro atoms. The maximum Gasteiger partial charge on any atom is 0.331 e. The van der Waals surface area contributed by atoms with Crippen molar-refractivity contribution in [2.24, 2.45) is 0 Å². The number of hydrogen-bond acceptors (Lipinski definition) is 3. The molecule has 2 amide bonds. The molecule has 0 unspecified atom stereocenters. The van der Waals surface area contributed by atoms with E-state index in [4.69, 9.17) is 0 Å². The quantitative estimate of drug-likeness (QED) is 0.349. The van der Waals surface area contributed by atoms with Crippen LogP contribution in [0, 0.1) is 6.92 Å². The van der Waals surface area contributed by atoms with Crippen LogP contribution in [0.25, 0.3) is 17.0 Å². The Morgan fingerprint density at radius 1 is 0.829 bits per heavy atom. The van der Waals surface area contributed by atoms with Gasteiger partial charge in [0, 0.05) is 17.3 Å². The molecule has 3 heterocycles. The number of anilines is 1. The normalized spacial score (nSPS) is 13.7. The molecule has 35 heavy (non-hydrogen) atoms. The van der Waals surface area contributed by atoms with Gasteiger partial charge in [-0.15, -0.1) is 0 Å². The van der Waals surface area contributed by atoms with Crippen LogP contribution >= 0.6 is 0 Å². The summed E-state index contributed by atoms with van der Waals surface area (Å²) >= 11 is 0. The number of H-pyrrole nitrogens is 1. The molecule has 1 aliphatic heterocycles. The molecule has 5 rings (SSSR count). The van der Waals surface area contributed by atoms with Crippen molar-refractivity contribution in [2.45, 2.75) is 26.7 Å². The van der Waals surface area contributed by atoms with Crippen LogP contribution in [-0.2, 0) is 16.0 Å². The molecule has 0 bridgehead atoms. The summed E-state index contributed by atoms with van der Waals surface area (Å²) in [5.41, 5.74) is 2.79. The Bertz CT molecular complexity index is 1510. The molecule has 174 valence electrons. The summed E-state index contributed by atoms with van der Waals surface area (Å²) in [6.07, 6.45) is 4.82. The Labute approximate surface area is 202 Å². The highest BCUT2D eigenvalue weighted by Gasteiger charge is 2.48. The highest BCUT2D eigenvalue weighted by molar-refractivity contribution is 6.53. The molecule has 0 atom stereocenters. The van der Waals surface area contributed by atoms with Gasteiger partial charge in [-0.25, -0.2) is 9.58 Å². The van der Waals surface area contributed by atoms with Gasteiger partial charge in [0.15, 0.2) is 12.4 Å². The van der Waals surface area contributed by atoms with Crippen molar-refractivity contribution in [2.75, 3.05) is 4.90 Å². The molecule has 0 saturated carbocycles. The second-order valence-electron chi connectivity index (χ2n) is 8.48. The zero-order valence-electron chi connectivity index (χ0n) is 19.6. The van der Waals surface area contributed by atoms with Crippen molar-refractivity contribution in [3.8, 4) is 5.69 Å². The van der Waals surface area contributed by atoms with Crippen molar-refractivity contribution in [1.29, 1.82) is 0 Å². The molecule has 0 fully saturated rings. The van der Waals surface area contributed by atoms with E-state index in [1.165, 1.54) is 4.68 Å². The molecule has 7 heteroatoms. The largest absolute Gasteiger partial charge is 0.331 e. The van der Waals surface area contributed by atoms with E-state index < -0.39 is 11.8 Å². The van der Waals surface area contributed by atoms with E-state index in [0.717, 1.165) is 16.9 Å². The minimum absolute atomic E-state index is 0.105. The van der Waals surface area contributed by atoms with Crippen LogP contribution in [0.1, 0.15) is 30.2 Å². The van der Waals surface area contributed by atoms with Crippen LogP contribution in [0.3, 0.4) is 0 Å². The second-order valence-corrected chi connectivity index (χ2v) is 8.48. The Morgan fingerprint density at radius 3 is 2.11 bits per heavy atom. The molecule has 1 aliphatic rings. The van der Waals surface area contributed by atoms with Crippen LogP contribution in [-0.4, -0.2) is 21.6 Å². The van der Waals surface area contributed by atoms with Crippen molar-refractivity contribution in [1.82, 2.24) is 9.78 Å². The second kappa shape index (κ2) is 9.02. The van der Waals surface area contributed by atoms with Crippen LogP contribution in [0.5, 0.6) is 0 Å². The van der Waals surface area contributed by atoms with Crippen LogP contribution in [0.4, 0.5) is 5.69 Å². The summed E-state index contributed by atoms with van der Waals surface area (Å²) in [7, 11) is 0. The van der Waals surface area contributed by atoms with Gasteiger partial charge in [-0.3, -0.25) is 19.5 Å². The summed E-state index contributed by atoms with van der Waals surface area (Å²) in [6, 6.07) is 21.7. The Balaban J connectivity index is 1.80. The SMILES string of the molecule is CCCc1[nH]n(-c2ccccc2)c(=O)c1C1=C([n+]2cccc(C)c2)C(=O)N(c2ccccc2)C1=O. The first-order valence-electron chi connectivity index (χ1n) is 11.6. The molecule has 0 saturated heterocycles. The predicted molar refractivity (Wildman–Crippen MR) is 134 cm³/mol. The number of amides is 2. The number of para-hydroxylation sites is 2. The first-order chi connectivity index (χ1) is 17.0. The Hall–Kier alpha value is -4.52. The molecule has 2 aromatic carbocycles. The number of nitrogens with zero attached hydrogens (tertiary/aromatic N) is 3. The number of pyridine rings is 1. The maximum atomic E-state index is 13.9. The van der Waals surface area contributed by atoms with E-state index in [1.807, 2.05) is 62.4 Å². The number of aromatic nitrogens is 3. The molecule has 0 aliphatic carbocycles. The topological polar surface area (TPSA) is 79.1 Å².